The molecule has 96 valence electrons. The van der Waals surface area contributed by atoms with Gasteiger partial charge in [-0.1, -0.05) is 12.1 Å². The zero-order chi connectivity index (χ0) is 13.1. The fourth-order valence-corrected chi connectivity index (χ4v) is 2.32. The number of benzene rings is 1. The molecule has 1 atom stereocenters. The van der Waals surface area contributed by atoms with Crippen molar-refractivity contribution in [3.05, 3.63) is 34.9 Å². The molecule has 1 saturated heterocycles. The molecule has 1 aliphatic heterocycles. The normalized spacial score (nSPS) is 18.8. The van der Waals surface area contributed by atoms with Crippen molar-refractivity contribution in [3.8, 4) is 0 Å². The van der Waals surface area contributed by atoms with Gasteiger partial charge in [-0.05, 0) is 30.9 Å². The Labute approximate surface area is 105 Å². The van der Waals surface area contributed by atoms with Gasteiger partial charge < -0.3 is 16.2 Å². The van der Waals surface area contributed by atoms with Crippen molar-refractivity contribution < 1.29 is 14.3 Å². The van der Waals surface area contributed by atoms with Crippen LogP contribution in [0, 0.1) is 0 Å². The van der Waals surface area contributed by atoms with Gasteiger partial charge in [0, 0.05) is 6.61 Å². The van der Waals surface area contributed by atoms with E-state index in [9.17, 15) is 9.59 Å². The Kier molecular flexibility index (Phi) is 3.62. The van der Waals surface area contributed by atoms with Gasteiger partial charge in [-0.15, -0.1) is 0 Å². The second kappa shape index (κ2) is 5.18. The third-order valence-corrected chi connectivity index (χ3v) is 3.13. The molecular weight excluding hydrogens is 232 g/mol. The standard InChI is InChI=1S/C13H16N2O3/c14-12(16)10-5-1-3-8(11(10)13(15)17)7-9-4-2-6-18-9/h1,3,5,9H,2,4,6-7H2,(H2,14,16)(H2,15,17). The smallest absolute Gasteiger partial charge is 0.249 e. The predicted octanol–water partition coefficient (Wildman–Crippen LogP) is 0.606. The van der Waals surface area contributed by atoms with Gasteiger partial charge in [0.2, 0.25) is 11.8 Å². The molecule has 1 aliphatic rings. The number of primary amides is 2. The monoisotopic (exact) mass is 248 g/mol. The molecule has 18 heavy (non-hydrogen) atoms. The Morgan fingerprint density at radius 3 is 2.61 bits per heavy atom. The second-order valence-electron chi connectivity index (χ2n) is 4.41. The minimum atomic E-state index is -0.641. The largest absolute Gasteiger partial charge is 0.378 e. The third-order valence-electron chi connectivity index (χ3n) is 3.13. The van der Waals surface area contributed by atoms with Crippen molar-refractivity contribution in [2.45, 2.75) is 25.4 Å². The summed E-state index contributed by atoms with van der Waals surface area (Å²) in [7, 11) is 0. The highest BCUT2D eigenvalue weighted by Gasteiger charge is 2.22. The van der Waals surface area contributed by atoms with Crippen LogP contribution in [0.3, 0.4) is 0 Å². The van der Waals surface area contributed by atoms with Crippen molar-refractivity contribution in [2.75, 3.05) is 6.61 Å². The summed E-state index contributed by atoms with van der Waals surface area (Å²) in [6.07, 6.45) is 2.65. The van der Waals surface area contributed by atoms with E-state index in [2.05, 4.69) is 0 Å². The number of hydrogen-bond acceptors (Lipinski definition) is 3. The van der Waals surface area contributed by atoms with Crippen LogP contribution in [0.25, 0.3) is 0 Å². The maximum absolute atomic E-state index is 11.5. The van der Waals surface area contributed by atoms with Crippen molar-refractivity contribution in [3.63, 3.8) is 0 Å². The van der Waals surface area contributed by atoms with Crippen LogP contribution in [-0.2, 0) is 11.2 Å². The molecule has 0 bridgehead atoms. The van der Waals surface area contributed by atoms with Gasteiger partial charge in [-0.3, -0.25) is 9.59 Å². The van der Waals surface area contributed by atoms with Crippen molar-refractivity contribution in [2.24, 2.45) is 11.5 Å². The Balaban J connectivity index is 2.36. The first-order valence-electron chi connectivity index (χ1n) is 5.92. The summed E-state index contributed by atoms with van der Waals surface area (Å²) in [6, 6.07) is 5.01. The lowest BCUT2D eigenvalue weighted by molar-refractivity contribution is 0.0961. The number of rotatable bonds is 4. The first kappa shape index (κ1) is 12.6. The number of amides is 2. The molecular formula is C13H16N2O3. The molecule has 1 aromatic rings. The van der Waals surface area contributed by atoms with E-state index in [-0.39, 0.29) is 17.2 Å². The fourth-order valence-electron chi connectivity index (χ4n) is 2.32. The molecule has 5 heteroatoms. The second-order valence-corrected chi connectivity index (χ2v) is 4.41. The van der Waals surface area contributed by atoms with Gasteiger partial charge in [-0.2, -0.15) is 0 Å². The third kappa shape index (κ3) is 2.51. The van der Waals surface area contributed by atoms with Gasteiger partial charge >= 0.3 is 0 Å². The average Bonchev–Trinajstić information content (AvgIpc) is 2.81. The Bertz CT molecular complexity index is 479. The van der Waals surface area contributed by atoms with E-state index in [1.807, 2.05) is 0 Å². The van der Waals surface area contributed by atoms with E-state index >= 15 is 0 Å². The lowest BCUT2D eigenvalue weighted by atomic mass is 9.95. The summed E-state index contributed by atoms with van der Waals surface area (Å²) in [6.45, 7) is 0.742. The van der Waals surface area contributed by atoms with Crippen LogP contribution >= 0.6 is 0 Å². The van der Waals surface area contributed by atoms with E-state index in [1.165, 1.54) is 6.07 Å². The van der Waals surface area contributed by atoms with Crippen LogP contribution in [0.5, 0.6) is 0 Å². The lowest BCUT2D eigenvalue weighted by Gasteiger charge is -2.13. The molecule has 4 N–H and O–H groups in total. The van der Waals surface area contributed by atoms with E-state index in [0.717, 1.165) is 25.0 Å². The van der Waals surface area contributed by atoms with E-state index in [1.54, 1.807) is 12.1 Å². The molecule has 5 nitrogen and oxygen atoms in total. The van der Waals surface area contributed by atoms with Gasteiger partial charge in [0.25, 0.3) is 0 Å². The summed E-state index contributed by atoms with van der Waals surface area (Å²) in [5.41, 5.74) is 11.7. The molecule has 1 unspecified atom stereocenters. The molecule has 0 saturated carbocycles. The summed E-state index contributed by atoms with van der Waals surface area (Å²) in [5, 5.41) is 0. The fraction of sp³-hybridized carbons (Fsp3) is 0.385. The van der Waals surface area contributed by atoms with Crippen molar-refractivity contribution >= 4 is 11.8 Å². The Morgan fingerprint density at radius 2 is 2.06 bits per heavy atom. The number of carbonyl (C=O) groups is 2. The van der Waals surface area contributed by atoms with E-state index in [0.29, 0.717) is 6.42 Å². The topological polar surface area (TPSA) is 95.4 Å². The van der Waals surface area contributed by atoms with Crippen LogP contribution < -0.4 is 11.5 Å². The maximum atomic E-state index is 11.5. The van der Waals surface area contributed by atoms with E-state index < -0.39 is 11.8 Å². The highest BCUT2D eigenvalue weighted by Crippen LogP contribution is 2.21. The molecule has 1 fully saturated rings. The highest BCUT2D eigenvalue weighted by molar-refractivity contribution is 6.07. The molecule has 0 aliphatic carbocycles. The zero-order valence-electron chi connectivity index (χ0n) is 10.0. The van der Waals surface area contributed by atoms with Gasteiger partial charge in [0.15, 0.2) is 0 Å². The molecule has 1 heterocycles. The molecule has 0 radical (unpaired) electrons. The first-order valence-corrected chi connectivity index (χ1v) is 5.92. The van der Waals surface area contributed by atoms with Crippen molar-refractivity contribution in [1.82, 2.24) is 0 Å². The summed E-state index contributed by atoms with van der Waals surface area (Å²) in [4.78, 5) is 22.8. The van der Waals surface area contributed by atoms with E-state index in [4.69, 9.17) is 16.2 Å². The molecule has 2 rings (SSSR count). The maximum Gasteiger partial charge on any atom is 0.249 e. The summed E-state index contributed by atoms with van der Waals surface area (Å²) < 4.78 is 5.52. The zero-order valence-corrected chi connectivity index (χ0v) is 10.0. The number of hydrogen-bond donors (Lipinski definition) is 2. The van der Waals surface area contributed by atoms with Gasteiger partial charge in [0.05, 0.1) is 17.2 Å². The van der Waals surface area contributed by atoms with Gasteiger partial charge in [-0.25, -0.2) is 0 Å². The molecule has 0 spiro atoms. The summed E-state index contributed by atoms with van der Waals surface area (Å²) in [5.74, 6) is -1.27. The van der Waals surface area contributed by atoms with Gasteiger partial charge in [0.1, 0.15) is 0 Å². The van der Waals surface area contributed by atoms with Crippen LogP contribution in [0.4, 0.5) is 0 Å². The molecule has 1 aromatic carbocycles. The van der Waals surface area contributed by atoms with Crippen LogP contribution in [-0.4, -0.2) is 24.5 Å². The SMILES string of the molecule is NC(=O)c1cccc(CC2CCCO2)c1C(N)=O. The highest BCUT2D eigenvalue weighted by atomic mass is 16.5. The summed E-state index contributed by atoms with van der Waals surface area (Å²) >= 11 is 0. The first-order chi connectivity index (χ1) is 8.59. The van der Waals surface area contributed by atoms with Crippen LogP contribution in [0.2, 0.25) is 0 Å². The number of ether oxygens (including phenoxy) is 1. The minimum Gasteiger partial charge on any atom is -0.378 e. The number of nitrogens with two attached hydrogens (primary N) is 2. The Morgan fingerprint density at radius 1 is 1.28 bits per heavy atom. The lowest BCUT2D eigenvalue weighted by Crippen LogP contribution is -2.24. The Hall–Kier alpha value is -1.88. The number of carbonyl (C=O) groups excluding carboxylic acids is 2. The van der Waals surface area contributed by atoms with Crippen molar-refractivity contribution in [1.29, 1.82) is 0 Å². The minimum absolute atomic E-state index is 0.0891. The van der Waals surface area contributed by atoms with Crippen LogP contribution in [0.15, 0.2) is 18.2 Å². The average molecular weight is 248 g/mol. The van der Waals surface area contributed by atoms with Crippen LogP contribution in [0.1, 0.15) is 39.1 Å². The predicted molar refractivity (Wildman–Crippen MR) is 66.2 cm³/mol. The quantitative estimate of drug-likeness (QED) is 0.817. The molecule has 2 amide bonds. The molecule has 0 aromatic heterocycles.